The number of ether oxygens (including phenoxy) is 1. The van der Waals surface area contributed by atoms with E-state index in [1.807, 2.05) is 0 Å². The van der Waals surface area contributed by atoms with E-state index in [0.717, 1.165) is 19.4 Å². The molecule has 0 aliphatic heterocycles. The molecule has 1 rings (SSSR count). The van der Waals surface area contributed by atoms with Gasteiger partial charge in [-0.3, -0.25) is 0 Å². The molecule has 0 unspecified atom stereocenters. The lowest BCUT2D eigenvalue weighted by atomic mass is 10.4. The van der Waals surface area contributed by atoms with Crippen LogP contribution in [-0.4, -0.2) is 30.0 Å². The topological polar surface area (TPSA) is 86.2 Å². The summed E-state index contributed by atoms with van der Waals surface area (Å²) >= 11 is 0. The van der Waals surface area contributed by atoms with E-state index >= 15 is 0 Å². The maximum atomic E-state index is 5.32. The predicted molar refractivity (Wildman–Crippen MR) is 52.9 cm³/mol. The molecule has 80 valence electrons. The van der Waals surface area contributed by atoms with Crippen LogP contribution in [0.15, 0.2) is 4.42 Å². The maximum absolute atomic E-state index is 5.32. The Bertz CT molecular complexity index is 251. The zero-order valence-electron chi connectivity index (χ0n) is 8.32. The molecule has 0 spiro atoms. The number of rotatable bonds is 7. The lowest BCUT2D eigenvalue weighted by Gasteiger charge is -2.02. The Morgan fingerprint density at radius 2 is 2.29 bits per heavy atom. The van der Waals surface area contributed by atoms with Crippen LogP contribution >= 0.6 is 0 Å². The Morgan fingerprint density at radius 1 is 1.43 bits per heavy atom. The van der Waals surface area contributed by atoms with Crippen LogP contribution in [0.5, 0.6) is 0 Å². The second-order valence-electron chi connectivity index (χ2n) is 2.84. The van der Waals surface area contributed by atoms with E-state index in [9.17, 15) is 0 Å². The van der Waals surface area contributed by atoms with Gasteiger partial charge in [-0.1, -0.05) is 23.5 Å². The van der Waals surface area contributed by atoms with Gasteiger partial charge in [0, 0.05) is 13.2 Å². The standard InChI is InChI=1S/C8H16N4O2/c1-2-3-5-13-6-4-10-8-12-11-7(9)14-8/h2-6H2,1H3,(H2,9,11)(H,10,12). The summed E-state index contributed by atoms with van der Waals surface area (Å²) < 4.78 is 10.2. The molecule has 3 N–H and O–H groups in total. The molecule has 0 bridgehead atoms. The lowest BCUT2D eigenvalue weighted by Crippen LogP contribution is -2.10. The molecule has 14 heavy (non-hydrogen) atoms. The van der Waals surface area contributed by atoms with Crippen molar-refractivity contribution >= 4 is 12.0 Å². The van der Waals surface area contributed by atoms with Gasteiger partial charge in [0.05, 0.1) is 6.61 Å². The molecule has 0 aliphatic carbocycles. The van der Waals surface area contributed by atoms with Crippen molar-refractivity contribution in [3.05, 3.63) is 0 Å². The van der Waals surface area contributed by atoms with Crippen molar-refractivity contribution in [2.75, 3.05) is 30.8 Å². The summed E-state index contributed by atoms with van der Waals surface area (Å²) in [6.45, 7) is 4.20. The van der Waals surface area contributed by atoms with Gasteiger partial charge in [-0.25, -0.2) is 0 Å². The number of nitrogen functional groups attached to an aromatic ring is 1. The number of unbranched alkanes of at least 4 members (excludes halogenated alkanes) is 1. The molecule has 0 atom stereocenters. The monoisotopic (exact) mass is 200 g/mol. The van der Waals surface area contributed by atoms with Crippen LogP contribution in [0.2, 0.25) is 0 Å². The largest absolute Gasteiger partial charge is 0.390 e. The van der Waals surface area contributed by atoms with Crippen LogP contribution in [0.3, 0.4) is 0 Å². The minimum atomic E-state index is 0.0689. The van der Waals surface area contributed by atoms with Crippen molar-refractivity contribution in [3.63, 3.8) is 0 Å². The molecular formula is C8H16N4O2. The Kier molecular flexibility index (Phi) is 4.77. The zero-order valence-corrected chi connectivity index (χ0v) is 8.32. The molecular weight excluding hydrogens is 184 g/mol. The first-order chi connectivity index (χ1) is 6.83. The summed E-state index contributed by atoms with van der Waals surface area (Å²) in [7, 11) is 0. The molecule has 1 aromatic rings. The van der Waals surface area contributed by atoms with Crippen LogP contribution in [0.1, 0.15) is 19.8 Å². The molecule has 0 saturated heterocycles. The number of aromatic nitrogens is 2. The normalized spacial score (nSPS) is 10.4. The van der Waals surface area contributed by atoms with E-state index in [1.165, 1.54) is 0 Å². The first-order valence-corrected chi connectivity index (χ1v) is 4.73. The molecule has 0 amide bonds. The summed E-state index contributed by atoms with van der Waals surface area (Å²) in [6, 6.07) is 0.404. The fourth-order valence-electron chi connectivity index (χ4n) is 0.885. The van der Waals surface area contributed by atoms with Gasteiger partial charge in [0.1, 0.15) is 0 Å². The highest BCUT2D eigenvalue weighted by Crippen LogP contribution is 2.04. The van der Waals surface area contributed by atoms with Crippen molar-refractivity contribution in [2.24, 2.45) is 0 Å². The molecule has 1 aromatic heterocycles. The van der Waals surface area contributed by atoms with Gasteiger partial charge in [-0.2, -0.15) is 0 Å². The first-order valence-electron chi connectivity index (χ1n) is 4.73. The molecule has 0 aromatic carbocycles. The number of nitrogens with two attached hydrogens (primary N) is 1. The highest BCUT2D eigenvalue weighted by Gasteiger charge is 1.99. The summed E-state index contributed by atoms with van der Waals surface area (Å²) in [6.07, 6.45) is 2.24. The van der Waals surface area contributed by atoms with E-state index in [-0.39, 0.29) is 6.01 Å². The molecule has 1 heterocycles. The van der Waals surface area contributed by atoms with E-state index in [2.05, 4.69) is 22.4 Å². The summed E-state index contributed by atoms with van der Waals surface area (Å²) in [5.74, 6) is 0. The summed E-state index contributed by atoms with van der Waals surface area (Å²) in [5, 5.41) is 10.0. The van der Waals surface area contributed by atoms with Crippen molar-refractivity contribution in [2.45, 2.75) is 19.8 Å². The van der Waals surface area contributed by atoms with Crippen LogP contribution in [0, 0.1) is 0 Å². The van der Waals surface area contributed by atoms with Gasteiger partial charge < -0.3 is 20.2 Å². The molecule has 6 heteroatoms. The Morgan fingerprint density at radius 3 is 2.93 bits per heavy atom. The molecule has 6 nitrogen and oxygen atoms in total. The minimum absolute atomic E-state index is 0.0689. The van der Waals surface area contributed by atoms with Gasteiger partial charge >= 0.3 is 12.0 Å². The number of anilines is 2. The van der Waals surface area contributed by atoms with Gasteiger partial charge in [0.2, 0.25) is 0 Å². The van der Waals surface area contributed by atoms with Crippen molar-refractivity contribution in [1.29, 1.82) is 0 Å². The number of nitrogens with zero attached hydrogens (tertiary/aromatic N) is 2. The first kappa shape index (κ1) is 10.8. The van der Waals surface area contributed by atoms with Gasteiger partial charge in [-0.05, 0) is 6.42 Å². The second kappa shape index (κ2) is 6.20. The van der Waals surface area contributed by atoms with Crippen LogP contribution in [-0.2, 0) is 4.74 Å². The number of hydrogen-bond donors (Lipinski definition) is 2. The lowest BCUT2D eigenvalue weighted by molar-refractivity contribution is 0.140. The van der Waals surface area contributed by atoms with Crippen LogP contribution < -0.4 is 11.1 Å². The highest BCUT2D eigenvalue weighted by atomic mass is 16.5. The third kappa shape index (κ3) is 4.08. The quantitative estimate of drug-likeness (QED) is 0.635. The van der Waals surface area contributed by atoms with Crippen LogP contribution in [0.4, 0.5) is 12.0 Å². The highest BCUT2D eigenvalue weighted by molar-refractivity contribution is 5.21. The second-order valence-corrected chi connectivity index (χ2v) is 2.84. The molecule has 0 radical (unpaired) electrons. The Labute approximate surface area is 82.8 Å². The Hall–Kier alpha value is -1.30. The van der Waals surface area contributed by atoms with E-state index < -0.39 is 0 Å². The predicted octanol–water partition coefficient (Wildman–Crippen LogP) is 0.880. The SMILES string of the molecule is CCCCOCCNc1nnc(N)o1. The van der Waals surface area contributed by atoms with Crippen molar-refractivity contribution in [1.82, 2.24) is 10.2 Å². The minimum Gasteiger partial charge on any atom is -0.390 e. The van der Waals surface area contributed by atoms with Crippen molar-refractivity contribution < 1.29 is 9.15 Å². The number of hydrogen-bond acceptors (Lipinski definition) is 6. The van der Waals surface area contributed by atoms with E-state index in [0.29, 0.717) is 19.2 Å². The number of nitrogens with one attached hydrogen (secondary N) is 1. The van der Waals surface area contributed by atoms with Crippen molar-refractivity contribution in [3.8, 4) is 0 Å². The zero-order chi connectivity index (χ0) is 10.2. The molecule has 0 saturated carbocycles. The molecule has 0 fully saturated rings. The summed E-state index contributed by atoms with van der Waals surface area (Å²) in [5.41, 5.74) is 5.24. The fraction of sp³-hybridized carbons (Fsp3) is 0.750. The fourth-order valence-corrected chi connectivity index (χ4v) is 0.885. The Balaban J connectivity index is 1.99. The van der Waals surface area contributed by atoms with Gasteiger partial charge in [-0.15, -0.1) is 0 Å². The van der Waals surface area contributed by atoms with E-state index in [4.69, 9.17) is 14.9 Å². The maximum Gasteiger partial charge on any atom is 0.316 e. The van der Waals surface area contributed by atoms with Crippen LogP contribution in [0.25, 0.3) is 0 Å². The summed E-state index contributed by atoms with van der Waals surface area (Å²) in [4.78, 5) is 0. The van der Waals surface area contributed by atoms with Gasteiger partial charge in [0.15, 0.2) is 0 Å². The third-order valence-corrected chi connectivity index (χ3v) is 1.61. The average molecular weight is 200 g/mol. The third-order valence-electron chi connectivity index (χ3n) is 1.61. The van der Waals surface area contributed by atoms with E-state index in [1.54, 1.807) is 0 Å². The molecule has 0 aliphatic rings. The van der Waals surface area contributed by atoms with Gasteiger partial charge in [0.25, 0.3) is 0 Å². The average Bonchev–Trinajstić information content (AvgIpc) is 2.58. The smallest absolute Gasteiger partial charge is 0.316 e.